The van der Waals surface area contributed by atoms with Gasteiger partial charge >= 0.3 is 0 Å². The summed E-state index contributed by atoms with van der Waals surface area (Å²) in [6.07, 6.45) is 5.48. The van der Waals surface area contributed by atoms with E-state index >= 15 is 0 Å². The monoisotopic (exact) mass is 283 g/mol. The molecule has 1 unspecified atom stereocenters. The van der Waals surface area contributed by atoms with Crippen molar-refractivity contribution < 1.29 is 0 Å². The van der Waals surface area contributed by atoms with Crippen molar-refractivity contribution >= 4 is 10.9 Å². The van der Waals surface area contributed by atoms with E-state index in [2.05, 4.69) is 46.4 Å². The van der Waals surface area contributed by atoms with Crippen LogP contribution in [0.2, 0.25) is 0 Å². The Bertz CT molecular complexity index is 576. The van der Waals surface area contributed by atoms with Crippen LogP contribution >= 0.6 is 0 Å². The van der Waals surface area contributed by atoms with Crippen molar-refractivity contribution in [1.29, 1.82) is 0 Å². The van der Waals surface area contributed by atoms with Crippen molar-refractivity contribution in [1.82, 2.24) is 15.2 Å². The quantitative estimate of drug-likeness (QED) is 0.939. The number of nitrogens with one attached hydrogen (secondary N) is 1. The Hall–Kier alpha value is -1.45. The van der Waals surface area contributed by atoms with Gasteiger partial charge in [-0.05, 0) is 57.5 Å². The molecule has 2 heterocycles. The Morgan fingerprint density at radius 1 is 1.24 bits per heavy atom. The van der Waals surface area contributed by atoms with Crippen LogP contribution in [0.4, 0.5) is 0 Å². The highest BCUT2D eigenvalue weighted by atomic mass is 15.1. The van der Waals surface area contributed by atoms with Gasteiger partial charge in [0.05, 0.1) is 5.52 Å². The van der Waals surface area contributed by atoms with E-state index in [-0.39, 0.29) is 0 Å². The van der Waals surface area contributed by atoms with Crippen molar-refractivity contribution in [3.63, 3.8) is 0 Å². The minimum Gasteiger partial charge on any atom is -0.314 e. The lowest BCUT2D eigenvalue weighted by Crippen LogP contribution is -2.39. The standard InChI is InChI=1S/C18H25N3/c1-15-8-13-21(12-4-11-19-15)14-9-17-6-2-5-16-7-3-10-20-18(16)17/h2-3,5-7,10,15,19H,4,8-9,11-14H2,1H3. The van der Waals surface area contributed by atoms with E-state index in [4.69, 9.17) is 0 Å². The van der Waals surface area contributed by atoms with Crippen molar-refractivity contribution in [2.24, 2.45) is 0 Å². The van der Waals surface area contributed by atoms with E-state index < -0.39 is 0 Å². The first-order chi connectivity index (χ1) is 10.3. The Morgan fingerprint density at radius 2 is 2.14 bits per heavy atom. The van der Waals surface area contributed by atoms with Crippen molar-refractivity contribution in [3.8, 4) is 0 Å². The van der Waals surface area contributed by atoms with Gasteiger partial charge < -0.3 is 10.2 Å². The zero-order valence-electron chi connectivity index (χ0n) is 12.9. The van der Waals surface area contributed by atoms with Crippen LogP contribution in [0, 0.1) is 0 Å². The predicted octanol–water partition coefficient (Wildman–Crippen LogP) is 2.85. The predicted molar refractivity (Wildman–Crippen MR) is 88.6 cm³/mol. The summed E-state index contributed by atoms with van der Waals surface area (Å²) in [6, 6.07) is 11.3. The van der Waals surface area contributed by atoms with Crippen LogP contribution in [-0.4, -0.2) is 42.1 Å². The fraction of sp³-hybridized carbons (Fsp3) is 0.500. The maximum atomic E-state index is 4.56. The maximum absolute atomic E-state index is 4.56. The molecule has 21 heavy (non-hydrogen) atoms. The SMILES string of the molecule is CC1CCN(CCc2cccc3cccnc23)CCCN1. The molecule has 2 aromatic rings. The number of benzene rings is 1. The Morgan fingerprint density at radius 3 is 3.10 bits per heavy atom. The zero-order chi connectivity index (χ0) is 14.5. The van der Waals surface area contributed by atoms with Gasteiger partial charge in [0.1, 0.15) is 0 Å². The molecule has 1 atom stereocenters. The van der Waals surface area contributed by atoms with Crippen LogP contribution in [0.5, 0.6) is 0 Å². The van der Waals surface area contributed by atoms with Gasteiger partial charge in [-0.15, -0.1) is 0 Å². The van der Waals surface area contributed by atoms with E-state index in [0.717, 1.165) is 19.5 Å². The molecular formula is C18H25N3. The second-order valence-electron chi connectivity index (χ2n) is 6.08. The molecule has 0 bridgehead atoms. The normalized spacial score (nSPS) is 21.1. The highest BCUT2D eigenvalue weighted by Gasteiger charge is 2.12. The van der Waals surface area contributed by atoms with Gasteiger partial charge in [-0.2, -0.15) is 0 Å². The molecule has 112 valence electrons. The van der Waals surface area contributed by atoms with E-state index in [1.54, 1.807) is 0 Å². The average Bonchev–Trinajstić information content (AvgIpc) is 2.51. The maximum Gasteiger partial charge on any atom is 0.0734 e. The molecule has 1 aliphatic rings. The van der Waals surface area contributed by atoms with E-state index in [0.29, 0.717) is 6.04 Å². The molecule has 1 N–H and O–H groups in total. The third kappa shape index (κ3) is 3.80. The summed E-state index contributed by atoms with van der Waals surface area (Å²) >= 11 is 0. The van der Waals surface area contributed by atoms with E-state index in [1.165, 1.54) is 42.4 Å². The van der Waals surface area contributed by atoms with Gasteiger partial charge in [-0.25, -0.2) is 0 Å². The molecule has 0 amide bonds. The first-order valence-corrected chi connectivity index (χ1v) is 8.11. The van der Waals surface area contributed by atoms with Crippen LogP contribution in [0.3, 0.4) is 0 Å². The first kappa shape index (κ1) is 14.5. The number of para-hydroxylation sites is 1. The fourth-order valence-electron chi connectivity index (χ4n) is 3.11. The van der Waals surface area contributed by atoms with Crippen LogP contribution in [-0.2, 0) is 6.42 Å². The van der Waals surface area contributed by atoms with Crippen LogP contribution < -0.4 is 5.32 Å². The second-order valence-corrected chi connectivity index (χ2v) is 6.08. The number of rotatable bonds is 3. The third-order valence-corrected chi connectivity index (χ3v) is 4.44. The smallest absolute Gasteiger partial charge is 0.0734 e. The lowest BCUT2D eigenvalue weighted by atomic mass is 10.1. The average molecular weight is 283 g/mol. The van der Waals surface area contributed by atoms with E-state index in [9.17, 15) is 0 Å². The molecule has 1 aliphatic heterocycles. The van der Waals surface area contributed by atoms with Gasteiger partial charge in [0.15, 0.2) is 0 Å². The molecule has 1 fully saturated rings. The fourth-order valence-corrected chi connectivity index (χ4v) is 3.11. The number of hydrogen-bond donors (Lipinski definition) is 1. The molecule has 0 saturated carbocycles. The summed E-state index contributed by atoms with van der Waals surface area (Å²) in [7, 11) is 0. The molecule has 0 aliphatic carbocycles. The summed E-state index contributed by atoms with van der Waals surface area (Å²) in [5, 5.41) is 4.82. The summed E-state index contributed by atoms with van der Waals surface area (Å²) < 4.78 is 0. The van der Waals surface area contributed by atoms with Gasteiger partial charge in [0, 0.05) is 24.2 Å². The Kier molecular flexibility index (Phi) is 4.84. The number of aromatic nitrogens is 1. The van der Waals surface area contributed by atoms with Gasteiger partial charge in [-0.1, -0.05) is 24.3 Å². The Labute approximate surface area is 127 Å². The number of hydrogen-bond acceptors (Lipinski definition) is 3. The molecule has 3 nitrogen and oxygen atoms in total. The van der Waals surface area contributed by atoms with Gasteiger partial charge in [0.2, 0.25) is 0 Å². The van der Waals surface area contributed by atoms with Crippen molar-refractivity contribution in [2.45, 2.75) is 32.2 Å². The summed E-state index contributed by atoms with van der Waals surface area (Å²) in [5.74, 6) is 0. The van der Waals surface area contributed by atoms with E-state index in [1.807, 2.05) is 12.3 Å². The minimum absolute atomic E-state index is 0.645. The third-order valence-electron chi connectivity index (χ3n) is 4.44. The molecule has 1 aromatic heterocycles. The Balaban J connectivity index is 1.65. The van der Waals surface area contributed by atoms with Crippen LogP contribution in [0.15, 0.2) is 36.5 Å². The van der Waals surface area contributed by atoms with Gasteiger partial charge in [0.25, 0.3) is 0 Å². The van der Waals surface area contributed by atoms with Crippen molar-refractivity contribution in [3.05, 3.63) is 42.1 Å². The largest absolute Gasteiger partial charge is 0.314 e. The molecule has 0 radical (unpaired) electrons. The van der Waals surface area contributed by atoms with Crippen LogP contribution in [0.1, 0.15) is 25.3 Å². The molecular weight excluding hydrogens is 258 g/mol. The second kappa shape index (κ2) is 7.01. The topological polar surface area (TPSA) is 28.2 Å². The van der Waals surface area contributed by atoms with Crippen molar-refractivity contribution in [2.75, 3.05) is 26.2 Å². The molecule has 0 spiro atoms. The lowest BCUT2D eigenvalue weighted by Gasteiger charge is -2.27. The number of fused-ring (bicyclic) bond motifs is 1. The first-order valence-electron chi connectivity index (χ1n) is 8.11. The highest BCUT2D eigenvalue weighted by Crippen LogP contribution is 2.17. The summed E-state index contributed by atoms with van der Waals surface area (Å²) in [6.45, 7) is 6.98. The minimum atomic E-state index is 0.645. The van der Waals surface area contributed by atoms with Crippen LogP contribution in [0.25, 0.3) is 10.9 Å². The lowest BCUT2D eigenvalue weighted by molar-refractivity contribution is 0.239. The molecule has 3 rings (SSSR count). The highest BCUT2D eigenvalue weighted by molar-refractivity contribution is 5.81. The van der Waals surface area contributed by atoms with Gasteiger partial charge in [-0.3, -0.25) is 4.98 Å². The molecule has 3 heteroatoms. The summed E-state index contributed by atoms with van der Waals surface area (Å²) in [4.78, 5) is 7.17. The molecule has 1 saturated heterocycles. The summed E-state index contributed by atoms with van der Waals surface area (Å²) in [5.41, 5.74) is 2.54. The number of pyridine rings is 1. The number of nitrogens with zero attached hydrogens (tertiary/aromatic N) is 2. The zero-order valence-corrected chi connectivity index (χ0v) is 12.9. The molecule has 1 aromatic carbocycles.